The third-order valence-corrected chi connectivity index (χ3v) is 8.23. The Bertz CT molecular complexity index is 1170. The molecule has 1 aromatic heterocycles. The van der Waals surface area contributed by atoms with Crippen molar-refractivity contribution >= 4 is 22.0 Å². The number of allylic oxidation sites excluding steroid dienone is 2. The number of rotatable bonds is 6. The van der Waals surface area contributed by atoms with Gasteiger partial charge in [0.1, 0.15) is 12.1 Å². The maximum atomic E-state index is 12.7. The van der Waals surface area contributed by atoms with Gasteiger partial charge in [-0.25, -0.2) is 22.8 Å². The molecule has 2 atom stereocenters. The van der Waals surface area contributed by atoms with Gasteiger partial charge in [-0.15, -0.1) is 0 Å². The van der Waals surface area contributed by atoms with Crippen LogP contribution in [-0.4, -0.2) is 47.9 Å². The van der Waals surface area contributed by atoms with Gasteiger partial charge in [0, 0.05) is 12.6 Å². The summed E-state index contributed by atoms with van der Waals surface area (Å²) in [6.45, 7) is 2.73. The zero-order valence-corrected chi connectivity index (χ0v) is 20.5. The number of carbonyl (C=O) groups is 1. The molecule has 36 heavy (non-hydrogen) atoms. The first kappa shape index (κ1) is 27.7. The van der Waals surface area contributed by atoms with Gasteiger partial charge < -0.3 is 5.32 Å². The molecule has 4 rings (SSSR count). The Kier molecular flexibility index (Phi) is 9.18. The van der Waals surface area contributed by atoms with Crippen molar-refractivity contribution in [3.63, 3.8) is 0 Å². The van der Waals surface area contributed by atoms with Gasteiger partial charge in [0.15, 0.2) is 0 Å². The standard InChI is InChI=1S/C13H14F3N3O.C11H14FNO2S/c14-13(15,16)10-3-1-9(2-4-10)12-5-11(6-17-8-20)18-7-19-12;1-9-3-2-8-13(9)16(14,15)11-6-4-10(12)5-7-11/h1,5,7-8,10H,2-4,6H2,(H,17,20);4-7,9H,2-3,8H2,1H3/t;9-/m.1/s1. The second kappa shape index (κ2) is 11.9. The van der Waals surface area contributed by atoms with Gasteiger partial charge in [-0.3, -0.25) is 4.79 Å². The van der Waals surface area contributed by atoms with Crippen molar-refractivity contribution in [1.82, 2.24) is 19.6 Å². The summed E-state index contributed by atoms with van der Waals surface area (Å²) in [4.78, 5) is 18.5. The van der Waals surface area contributed by atoms with Gasteiger partial charge in [-0.1, -0.05) is 6.08 Å². The van der Waals surface area contributed by atoms with Crippen molar-refractivity contribution in [2.75, 3.05) is 6.54 Å². The fourth-order valence-electron chi connectivity index (χ4n) is 4.19. The molecule has 0 radical (unpaired) electrons. The van der Waals surface area contributed by atoms with Crippen molar-refractivity contribution in [2.24, 2.45) is 5.92 Å². The number of amides is 1. The molecule has 1 aliphatic heterocycles. The van der Waals surface area contributed by atoms with E-state index in [1.807, 2.05) is 6.92 Å². The van der Waals surface area contributed by atoms with Crippen molar-refractivity contribution in [1.29, 1.82) is 0 Å². The summed E-state index contributed by atoms with van der Waals surface area (Å²) in [6.07, 6.45) is 1.59. The van der Waals surface area contributed by atoms with Gasteiger partial charge in [0.25, 0.3) is 0 Å². The largest absolute Gasteiger partial charge is 0.392 e. The number of nitrogens with zero attached hydrogens (tertiary/aromatic N) is 3. The van der Waals surface area contributed by atoms with Crippen molar-refractivity contribution < 1.29 is 30.8 Å². The van der Waals surface area contributed by atoms with Crippen LogP contribution in [-0.2, 0) is 21.4 Å². The van der Waals surface area contributed by atoms with Crippen LogP contribution in [0.5, 0.6) is 0 Å². The van der Waals surface area contributed by atoms with Crippen LogP contribution >= 0.6 is 0 Å². The second-order valence-corrected chi connectivity index (χ2v) is 10.6. The summed E-state index contributed by atoms with van der Waals surface area (Å²) in [7, 11) is -3.44. The van der Waals surface area contributed by atoms with Crippen molar-refractivity contribution in [3.05, 3.63) is 59.9 Å². The Morgan fingerprint density at radius 1 is 1.17 bits per heavy atom. The monoisotopic (exact) mass is 528 g/mol. The Morgan fingerprint density at radius 2 is 1.89 bits per heavy atom. The molecule has 0 bridgehead atoms. The van der Waals surface area contributed by atoms with E-state index >= 15 is 0 Å². The zero-order chi connectivity index (χ0) is 26.3. The molecule has 1 aliphatic carbocycles. The molecule has 196 valence electrons. The molecule has 2 aliphatic rings. The lowest BCUT2D eigenvalue weighted by Gasteiger charge is -2.23. The Hall–Kier alpha value is -2.86. The lowest BCUT2D eigenvalue weighted by Crippen LogP contribution is -2.33. The molecule has 1 saturated heterocycles. The van der Waals surface area contributed by atoms with Crippen LogP contribution < -0.4 is 5.32 Å². The maximum Gasteiger partial charge on any atom is 0.392 e. The van der Waals surface area contributed by atoms with Gasteiger partial charge in [0.2, 0.25) is 16.4 Å². The molecular formula is C24H28F4N4O3S. The summed E-state index contributed by atoms with van der Waals surface area (Å²) in [5.41, 5.74) is 2.06. The highest BCUT2D eigenvalue weighted by Gasteiger charge is 2.39. The first-order valence-corrected chi connectivity index (χ1v) is 13.0. The van der Waals surface area contributed by atoms with Crippen LogP contribution in [0.25, 0.3) is 5.57 Å². The van der Waals surface area contributed by atoms with Crippen LogP contribution in [0.1, 0.15) is 50.4 Å². The lowest BCUT2D eigenvalue weighted by atomic mass is 9.88. The predicted molar refractivity (Wildman–Crippen MR) is 125 cm³/mol. The van der Waals surface area contributed by atoms with E-state index in [-0.39, 0.29) is 30.3 Å². The van der Waals surface area contributed by atoms with Crippen LogP contribution in [0, 0.1) is 11.7 Å². The highest BCUT2D eigenvalue weighted by atomic mass is 32.2. The predicted octanol–water partition coefficient (Wildman–Crippen LogP) is 4.47. The highest BCUT2D eigenvalue weighted by Crippen LogP contribution is 2.39. The summed E-state index contributed by atoms with van der Waals surface area (Å²) < 4.78 is 76.3. The van der Waals surface area contributed by atoms with Gasteiger partial charge in [-0.2, -0.15) is 17.5 Å². The van der Waals surface area contributed by atoms with E-state index in [9.17, 15) is 30.8 Å². The molecule has 12 heteroatoms. The smallest absolute Gasteiger partial charge is 0.353 e. The Morgan fingerprint density at radius 3 is 2.44 bits per heavy atom. The molecule has 2 heterocycles. The van der Waals surface area contributed by atoms with Crippen LogP contribution in [0.3, 0.4) is 0 Å². The molecule has 1 fully saturated rings. The Labute approximate surface area is 207 Å². The fraction of sp³-hybridized carbons (Fsp3) is 0.458. The number of carbonyl (C=O) groups excluding carboxylic acids is 1. The maximum absolute atomic E-state index is 12.7. The molecule has 0 spiro atoms. The first-order chi connectivity index (χ1) is 17.0. The average Bonchev–Trinajstić information content (AvgIpc) is 3.30. The van der Waals surface area contributed by atoms with Gasteiger partial charge in [0.05, 0.1) is 28.7 Å². The van der Waals surface area contributed by atoms with E-state index in [1.54, 1.807) is 12.1 Å². The molecule has 1 unspecified atom stereocenters. The van der Waals surface area contributed by atoms with E-state index in [0.29, 0.717) is 30.8 Å². The molecule has 1 aromatic carbocycles. The zero-order valence-electron chi connectivity index (χ0n) is 19.7. The molecule has 7 nitrogen and oxygen atoms in total. The number of hydrogen-bond donors (Lipinski definition) is 1. The SMILES string of the molecule is C[C@@H]1CCCN1S(=O)(=O)c1ccc(F)cc1.O=CNCc1cc(C2=CCC(C(F)(F)F)CC2)ncn1. The van der Waals surface area contributed by atoms with Crippen molar-refractivity contribution in [3.8, 4) is 0 Å². The average molecular weight is 529 g/mol. The lowest BCUT2D eigenvalue weighted by molar-refractivity contribution is -0.175. The Balaban J connectivity index is 0.000000205. The third kappa shape index (κ3) is 7.10. The van der Waals surface area contributed by atoms with Crippen LogP contribution in [0.15, 0.2) is 47.6 Å². The quantitative estimate of drug-likeness (QED) is 0.441. The molecule has 0 saturated carbocycles. The minimum absolute atomic E-state index is 0.00917. The third-order valence-electron chi connectivity index (χ3n) is 6.21. The minimum atomic E-state index is -4.13. The van der Waals surface area contributed by atoms with E-state index in [4.69, 9.17) is 0 Å². The molecule has 1 amide bonds. The molecule has 1 N–H and O–H groups in total. The van der Waals surface area contributed by atoms with E-state index in [0.717, 1.165) is 18.4 Å². The van der Waals surface area contributed by atoms with Gasteiger partial charge >= 0.3 is 6.18 Å². The highest BCUT2D eigenvalue weighted by molar-refractivity contribution is 7.89. The van der Waals surface area contributed by atoms with Crippen molar-refractivity contribution in [2.45, 2.75) is 62.7 Å². The summed E-state index contributed by atoms with van der Waals surface area (Å²) >= 11 is 0. The number of hydrogen-bond acceptors (Lipinski definition) is 5. The summed E-state index contributed by atoms with van der Waals surface area (Å²) in [5.74, 6) is -1.68. The van der Waals surface area contributed by atoms with Gasteiger partial charge in [-0.05, 0) is 74.9 Å². The first-order valence-electron chi connectivity index (χ1n) is 11.5. The number of halogens is 4. The van der Waals surface area contributed by atoms with Crippen LogP contribution in [0.2, 0.25) is 0 Å². The number of benzene rings is 1. The van der Waals surface area contributed by atoms with E-state index < -0.39 is 27.9 Å². The normalized spacial score (nSPS) is 20.8. The molecule has 2 aromatic rings. The number of alkyl halides is 3. The number of aromatic nitrogens is 2. The fourth-order valence-corrected chi connectivity index (χ4v) is 5.89. The minimum Gasteiger partial charge on any atom is -0.353 e. The number of nitrogens with one attached hydrogen (secondary N) is 1. The summed E-state index contributed by atoms with van der Waals surface area (Å²) in [5, 5.41) is 2.48. The number of sulfonamides is 1. The van der Waals surface area contributed by atoms with E-state index in [1.165, 1.54) is 34.9 Å². The topological polar surface area (TPSA) is 92.3 Å². The van der Waals surface area contributed by atoms with Crippen LogP contribution in [0.4, 0.5) is 17.6 Å². The second-order valence-electron chi connectivity index (χ2n) is 8.70. The molecular weight excluding hydrogens is 500 g/mol. The summed E-state index contributed by atoms with van der Waals surface area (Å²) in [6, 6.07) is 6.71. The van der Waals surface area contributed by atoms with E-state index in [2.05, 4.69) is 15.3 Å².